The minimum absolute atomic E-state index is 0. The minimum Gasteiger partial charge on any atom is -0.316 e. The number of piperidine rings is 4. The molecule has 0 aromatic carbocycles. The number of halogens is 1. The summed E-state index contributed by atoms with van der Waals surface area (Å²) in [7, 11) is 8.38. The van der Waals surface area contributed by atoms with Gasteiger partial charge in [0.1, 0.15) is 14.6 Å². The molecule has 11 heteroatoms. The standard InChI is InChI=1S/C9H17N.3C8H15N.2C2H6B.CH3Cl.2CH4.4H3P/c1-3-5-9-6-4-7-10(2)8-9;1-3-8-5-4-6-9(2)7-8;2*1-2-4-8-5-3-6-9-7-8;2*1-3-2;1-2;;;;;;/h3,5,9H,4,6-8H2,1-2H3;3,8H,1,4-7H2,2H3;2*2,4,8-9H,3,5-7H2,1H3;2*1-2H3;1H3;2*1H4;4*1H3/b5-3+;;2*4-2+;;;;;;;;;. The van der Waals surface area contributed by atoms with E-state index in [1.807, 2.05) is 41.9 Å². The monoisotopic (exact) mass is 815 g/mol. The van der Waals surface area contributed by atoms with Gasteiger partial charge >= 0.3 is 0 Å². The van der Waals surface area contributed by atoms with Crippen molar-refractivity contribution >= 4 is 65.8 Å². The first-order valence-electron chi connectivity index (χ1n) is 18.0. The van der Waals surface area contributed by atoms with Crippen molar-refractivity contribution in [2.45, 2.75) is 114 Å². The molecular formula is C40H97B2ClN4P4. The summed E-state index contributed by atoms with van der Waals surface area (Å²) in [4.78, 5) is 4.78. The molecule has 0 amide bonds. The molecule has 8 atom stereocenters. The van der Waals surface area contributed by atoms with Gasteiger partial charge in [-0.3, -0.25) is 0 Å². The zero-order chi connectivity index (χ0) is 34.6. The Morgan fingerprint density at radius 1 is 0.569 bits per heavy atom. The predicted molar refractivity (Wildman–Crippen MR) is 271 cm³/mol. The lowest BCUT2D eigenvalue weighted by Crippen LogP contribution is -2.30. The number of rotatable bonds is 4. The van der Waals surface area contributed by atoms with Crippen molar-refractivity contribution < 1.29 is 0 Å². The highest BCUT2D eigenvalue weighted by Crippen LogP contribution is 2.16. The Hall–Kier alpha value is 0.940. The molecule has 0 aromatic heterocycles. The summed E-state index contributed by atoms with van der Waals surface area (Å²) in [6.07, 6.45) is 27.8. The molecule has 51 heavy (non-hydrogen) atoms. The van der Waals surface area contributed by atoms with E-state index in [4.69, 9.17) is 0 Å². The fraction of sp³-hybridized carbons (Fsp3) is 0.800. The molecule has 4 nitrogen and oxygen atoms in total. The second-order valence-corrected chi connectivity index (χ2v) is 12.5. The van der Waals surface area contributed by atoms with Crippen LogP contribution in [-0.2, 0) is 0 Å². The van der Waals surface area contributed by atoms with E-state index in [0.29, 0.717) is 0 Å². The maximum atomic E-state index is 4.64. The number of allylic oxidation sites excluding steroid dienone is 3. The minimum atomic E-state index is 0. The van der Waals surface area contributed by atoms with Crippen LogP contribution in [-0.4, -0.2) is 97.2 Å². The summed E-state index contributed by atoms with van der Waals surface area (Å²) in [5.41, 5.74) is 0. The molecule has 8 unspecified atom stereocenters. The lowest BCUT2D eigenvalue weighted by Gasteiger charge is -2.27. The number of nitrogens with zero attached hydrogens (tertiary/aromatic N) is 2. The summed E-state index contributed by atoms with van der Waals surface area (Å²) in [5, 5.41) is 6.74. The third kappa shape index (κ3) is 53.1. The highest BCUT2D eigenvalue weighted by atomic mass is 35.5. The Kier molecular flexibility index (Phi) is 86.3. The fourth-order valence-corrected chi connectivity index (χ4v) is 5.66. The molecule has 4 fully saturated rings. The van der Waals surface area contributed by atoms with Gasteiger partial charge in [0, 0.05) is 32.6 Å². The zero-order valence-corrected chi connectivity index (χ0v) is 41.0. The first-order chi connectivity index (χ1) is 21.8. The molecule has 0 aliphatic carbocycles. The van der Waals surface area contributed by atoms with E-state index < -0.39 is 0 Å². The zero-order valence-electron chi connectivity index (χ0n) is 34.6. The number of likely N-dealkylation sites (tertiary alicyclic amines) is 2. The molecule has 4 saturated heterocycles. The molecule has 2 radical (unpaired) electrons. The van der Waals surface area contributed by atoms with Crippen LogP contribution >= 0.6 is 51.2 Å². The van der Waals surface area contributed by atoms with Gasteiger partial charge in [0.15, 0.2) is 0 Å². The predicted octanol–water partition coefficient (Wildman–Crippen LogP) is 10.5. The Morgan fingerprint density at radius 2 is 0.863 bits per heavy atom. The van der Waals surface area contributed by atoms with Gasteiger partial charge in [-0.1, -0.05) is 84.7 Å². The molecule has 0 spiro atoms. The lowest BCUT2D eigenvalue weighted by molar-refractivity contribution is 0.237. The van der Waals surface area contributed by atoms with Gasteiger partial charge in [-0.25, -0.2) is 0 Å². The smallest absolute Gasteiger partial charge is 0.102 e. The van der Waals surface area contributed by atoms with Crippen molar-refractivity contribution in [3.8, 4) is 0 Å². The Bertz CT molecular complexity index is 655. The van der Waals surface area contributed by atoms with Crippen molar-refractivity contribution in [1.29, 1.82) is 0 Å². The third-order valence-corrected chi connectivity index (χ3v) is 7.72. The Morgan fingerprint density at radius 3 is 1.12 bits per heavy atom. The van der Waals surface area contributed by atoms with Crippen molar-refractivity contribution in [2.24, 2.45) is 23.7 Å². The highest BCUT2D eigenvalue weighted by Gasteiger charge is 2.14. The number of hydrogen-bond donors (Lipinski definition) is 2. The molecule has 0 saturated carbocycles. The largest absolute Gasteiger partial charge is 0.316 e. The summed E-state index contributed by atoms with van der Waals surface area (Å²) in [6.45, 7) is 27.9. The third-order valence-electron chi connectivity index (χ3n) is 7.72. The van der Waals surface area contributed by atoms with Gasteiger partial charge in [0.05, 0.1) is 0 Å². The maximum absolute atomic E-state index is 4.64. The van der Waals surface area contributed by atoms with Crippen LogP contribution in [0.3, 0.4) is 0 Å². The van der Waals surface area contributed by atoms with Gasteiger partial charge in [-0.05, 0) is 136 Å². The van der Waals surface area contributed by atoms with Crippen molar-refractivity contribution in [3.63, 3.8) is 0 Å². The molecule has 0 aromatic rings. The van der Waals surface area contributed by atoms with Crippen LogP contribution in [0.1, 0.15) is 87.0 Å². The van der Waals surface area contributed by atoms with Crippen LogP contribution in [0.4, 0.5) is 0 Å². The number of alkyl halides is 1. The normalized spacial score (nSPS) is 22.1. The van der Waals surface area contributed by atoms with Gasteiger partial charge in [0.2, 0.25) is 0 Å². The van der Waals surface area contributed by atoms with Gasteiger partial charge in [0.25, 0.3) is 0 Å². The van der Waals surface area contributed by atoms with Gasteiger partial charge in [-0.2, -0.15) is 39.6 Å². The number of nitrogens with one attached hydrogen (secondary N) is 2. The number of hydrogen-bond acceptors (Lipinski definition) is 4. The molecule has 2 N–H and O–H groups in total. The summed E-state index contributed by atoms with van der Waals surface area (Å²) in [6, 6.07) is 0. The topological polar surface area (TPSA) is 30.5 Å². The Labute approximate surface area is 344 Å². The fourth-order valence-electron chi connectivity index (χ4n) is 5.66. The van der Waals surface area contributed by atoms with E-state index >= 15 is 0 Å². The van der Waals surface area contributed by atoms with Crippen molar-refractivity contribution in [1.82, 2.24) is 20.4 Å². The molecular weight excluding hydrogens is 717 g/mol. The lowest BCUT2D eigenvalue weighted by atomic mass is 9.88. The molecule has 0 bridgehead atoms. The van der Waals surface area contributed by atoms with Crippen molar-refractivity contribution in [2.75, 3.05) is 72.8 Å². The highest BCUT2D eigenvalue weighted by molar-refractivity contribution is 6.92. The van der Waals surface area contributed by atoms with E-state index in [2.05, 4.69) is 116 Å². The molecule has 4 aliphatic rings. The molecule has 4 heterocycles. The van der Waals surface area contributed by atoms with Crippen molar-refractivity contribution in [3.05, 3.63) is 49.1 Å². The Balaban J connectivity index is -0.0000000594. The van der Waals surface area contributed by atoms with E-state index in [1.54, 1.807) is 0 Å². The average Bonchev–Trinajstić information content (AvgIpc) is 3.05. The first kappa shape index (κ1) is 73.1. The summed E-state index contributed by atoms with van der Waals surface area (Å²) >= 11 is 4.64. The second-order valence-electron chi connectivity index (χ2n) is 12.5. The van der Waals surface area contributed by atoms with E-state index in [1.165, 1.54) is 110 Å². The maximum Gasteiger partial charge on any atom is 0.102 e. The molecule has 4 aliphatic heterocycles. The summed E-state index contributed by atoms with van der Waals surface area (Å²) < 4.78 is 0. The van der Waals surface area contributed by atoms with Gasteiger partial charge < -0.3 is 20.4 Å². The van der Waals surface area contributed by atoms with Crippen LogP contribution in [0.2, 0.25) is 27.3 Å². The quantitative estimate of drug-likeness (QED) is 0.128. The average molecular weight is 815 g/mol. The second kappa shape index (κ2) is 60.2. The van der Waals surface area contributed by atoms with E-state index in [9.17, 15) is 0 Å². The van der Waals surface area contributed by atoms with E-state index in [-0.39, 0.29) is 54.4 Å². The SMILES string of the molecule is C.C.C/C=C/C1CCCN(C)C1.C/C=C/C1CCCNC1.C/C=C/C1CCCNC1.C=CC1CCCN(C)C1.CCl.C[B]C.C[B]C.P.P.P.P. The van der Waals surface area contributed by atoms with Crippen LogP contribution < -0.4 is 10.6 Å². The van der Waals surface area contributed by atoms with Gasteiger partial charge in [-0.15, -0.1) is 18.2 Å². The first-order valence-corrected chi connectivity index (χ1v) is 18.8. The summed E-state index contributed by atoms with van der Waals surface area (Å²) in [5.74, 6) is 3.19. The van der Waals surface area contributed by atoms with Crippen LogP contribution in [0.5, 0.6) is 0 Å². The van der Waals surface area contributed by atoms with Crippen LogP contribution in [0.25, 0.3) is 0 Å². The van der Waals surface area contributed by atoms with Crippen LogP contribution in [0, 0.1) is 23.7 Å². The van der Waals surface area contributed by atoms with E-state index in [0.717, 1.165) is 23.7 Å². The van der Waals surface area contributed by atoms with Crippen LogP contribution in [0.15, 0.2) is 49.1 Å². The molecule has 310 valence electrons. The molecule has 4 rings (SSSR count).